The van der Waals surface area contributed by atoms with Gasteiger partial charge in [0.25, 0.3) is 5.91 Å². The smallest absolute Gasteiger partial charge is 0.295 e. The third kappa shape index (κ3) is 4.88. The van der Waals surface area contributed by atoms with Crippen molar-refractivity contribution in [1.82, 2.24) is 24.6 Å². The van der Waals surface area contributed by atoms with E-state index in [9.17, 15) is 9.18 Å². The molecule has 162 valence electrons. The molecule has 1 aliphatic heterocycles. The number of para-hydroxylation sites is 2. The second kappa shape index (κ2) is 9.22. The minimum atomic E-state index is -0.539. The van der Waals surface area contributed by atoms with E-state index in [0.717, 1.165) is 42.8 Å². The monoisotopic (exact) mass is 423 g/mol. The van der Waals surface area contributed by atoms with Gasteiger partial charge in [0.1, 0.15) is 6.33 Å². The molecule has 1 aromatic carbocycles. The number of benzene rings is 1. The first-order chi connectivity index (χ1) is 15.0. The van der Waals surface area contributed by atoms with E-state index in [-0.39, 0.29) is 11.6 Å². The number of carbonyl (C=O) groups excluding carboxylic acids is 1. The normalized spacial score (nSPS) is 14.8. The van der Waals surface area contributed by atoms with Crippen molar-refractivity contribution in [3.63, 3.8) is 0 Å². The van der Waals surface area contributed by atoms with Crippen molar-refractivity contribution in [2.24, 2.45) is 5.92 Å². The summed E-state index contributed by atoms with van der Waals surface area (Å²) in [5.74, 6) is -0.361. The lowest BCUT2D eigenvalue weighted by Gasteiger charge is -2.35. The van der Waals surface area contributed by atoms with Crippen LogP contribution in [0.4, 0.5) is 15.8 Å². The standard InChI is InChI=1S/C22H26FN7O/c1-28(2)14-16-9-12-29(13-10-16)19-8-4-3-7-18(19)26-22(31)20-25-15-30(27-20)21-17(23)6-5-11-24-21/h3-8,11,15-16H,9-10,12-14H2,1-2H3,(H,26,31). The van der Waals surface area contributed by atoms with E-state index < -0.39 is 11.7 Å². The molecule has 0 unspecified atom stereocenters. The Morgan fingerprint density at radius 2 is 1.94 bits per heavy atom. The predicted molar refractivity (Wildman–Crippen MR) is 117 cm³/mol. The van der Waals surface area contributed by atoms with Gasteiger partial charge in [-0.15, -0.1) is 5.10 Å². The summed E-state index contributed by atoms with van der Waals surface area (Å²) in [6, 6.07) is 10.5. The molecule has 0 saturated carbocycles. The maximum absolute atomic E-state index is 13.9. The summed E-state index contributed by atoms with van der Waals surface area (Å²) in [5, 5.41) is 7.00. The van der Waals surface area contributed by atoms with Gasteiger partial charge in [0.2, 0.25) is 5.82 Å². The van der Waals surface area contributed by atoms with E-state index in [4.69, 9.17) is 0 Å². The number of aromatic nitrogens is 4. The summed E-state index contributed by atoms with van der Waals surface area (Å²) in [4.78, 5) is 25.3. The van der Waals surface area contributed by atoms with Crippen LogP contribution in [0.3, 0.4) is 0 Å². The van der Waals surface area contributed by atoms with Gasteiger partial charge in [-0.3, -0.25) is 4.79 Å². The lowest BCUT2D eigenvalue weighted by molar-refractivity contribution is 0.101. The Bertz CT molecular complexity index is 1040. The highest BCUT2D eigenvalue weighted by molar-refractivity contribution is 6.03. The number of anilines is 2. The van der Waals surface area contributed by atoms with Crippen molar-refractivity contribution in [2.75, 3.05) is 43.9 Å². The Morgan fingerprint density at radius 1 is 1.16 bits per heavy atom. The van der Waals surface area contributed by atoms with Crippen LogP contribution in [0.2, 0.25) is 0 Å². The molecular weight excluding hydrogens is 397 g/mol. The maximum atomic E-state index is 13.9. The zero-order valence-corrected chi connectivity index (χ0v) is 17.7. The highest BCUT2D eigenvalue weighted by Crippen LogP contribution is 2.30. The first-order valence-electron chi connectivity index (χ1n) is 10.3. The average molecular weight is 423 g/mol. The predicted octanol–water partition coefficient (Wildman–Crippen LogP) is 2.83. The fraction of sp³-hybridized carbons (Fsp3) is 0.364. The fourth-order valence-corrected chi connectivity index (χ4v) is 3.92. The highest BCUT2D eigenvalue weighted by Gasteiger charge is 2.23. The number of nitrogens with zero attached hydrogens (tertiary/aromatic N) is 6. The number of hydrogen-bond acceptors (Lipinski definition) is 6. The summed E-state index contributed by atoms with van der Waals surface area (Å²) >= 11 is 0. The summed E-state index contributed by atoms with van der Waals surface area (Å²) < 4.78 is 15.1. The highest BCUT2D eigenvalue weighted by atomic mass is 19.1. The Morgan fingerprint density at radius 3 is 2.68 bits per heavy atom. The summed E-state index contributed by atoms with van der Waals surface area (Å²) in [5.41, 5.74) is 1.69. The molecule has 0 atom stereocenters. The molecule has 3 heterocycles. The van der Waals surface area contributed by atoms with Crippen LogP contribution in [-0.2, 0) is 0 Å². The molecule has 0 spiro atoms. The van der Waals surface area contributed by atoms with Gasteiger partial charge in [-0.2, -0.15) is 4.68 Å². The summed E-state index contributed by atoms with van der Waals surface area (Å²) in [7, 11) is 4.21. The number of carbonyl (C=O) groups is 1. The summed E-state index contributed by atoms with van der Waals surface area (Å²) in [6.07, 6.45) is 4.96. The van der Waals surface area contributed by atoms with Gasteiger partial charge < -0.3 is 15.1 Å². The van der Waals surface area contributed by atoms with Gasteiger partial charge >= 0.3 is 0 Å². The Labute approximate surface area is 180 Å². The molecule has 1 fully saturated rings. The number of amides is 1. The molecule has 0 aliphatic carbocycles. The van der Waals surface area contributed by atoms with E-state index in [2.05, 4.69) is 44.3 Å². The van der Waals surface area contributed by atoms with Crippen LogP contribution >= 0.6 is 0 Å². The molecule has 4 rings (SSSR count). The Kier molecular flexibility index (Phi) is 6.22. The lowest BCUT2D eigenvalue weighted by Crippen LogP contribution is -2.37. The van der Waals surface area contributed by atoms with Crippen LogP contribution in [0.5, 0.6) is 0 Å². The number of halogens is 1. The average Bonchev–Trinajstić information content (AvgIpc) is 3.25. The zero-order valence-electron chi connectivity index (χ0n) is 17.7. The van der Waals surface area contributed by atoms with E-state index in [1.165, 1.54) is 24.7 Å². The van der Waals surface area contributed by atoms with Gasteiger partial charge in [-0.1, -0.05) is 12.1 Å². The van der Waals surface area contributed by atoms with Gasteiger partial charge in [0.15, 0.2) is 11.6 Å². The number of pyridine rings is 1. The van der Waals surface area contributed by atoms with E-state index in [1.807, 2.05) is 24.3 Å². The fourth-order valence-electron chi connectivity index (χ4n) is 3.92. The molecule has 9 heteroatoms. The van der Waals surface area contributed by atoms with Crippen molar-refractivity contribution in [1.29, 1.82) is 0 Å². The molecule has 1 N–H and O–H groups in total. The van der Waals surface area contributed by atoms with Crippen molar-refractivity contribution >= 4 is 17.3 Å². The number of rotatable bonds is 6. The zero-order chi connectivity index (χ0) is 21.8. The van der Waals surface area contributed by atoms with E-state index >= 15 is 0 Å². The minimum Gasteiger partial charge on any atom is -0.370 e. The van der Waals surface area contributed by atoms with E-state index in [1.54, 1.807) is 0 Å². The number of piperidine rings is 1. The van der Waals surface area contributed by atoms with Crippen LogP contribution < -0.4 is 10.2 Å². The summed E-state index contributed by atoms with van der Waals surface area (Å²) in [6.45, 7) is 2.98. The maximum Gasteiger partial charge on any atom is 0.295 e. The Balaban J connectivity index is 1.46. The molecule has 1 amide bonds. The second-order valence-corrected chi connectivity index (χ2v) is 7.99. The SMILES string of the molecule is CN(C)CC1CCN(c2ccccc2NC(=O)c2ncn(-c3ncccc3F)n2)CC1. The molecule has 31 heavy (non-hydrogen) atoms. The molecule has 1 saturated heterocycles. The van der Waals surface area contributed by atoms with Crippen LogP contribution in [0.25, 0.3) is 5.82 Å². The second-order valence-electron chi connectivity index (χ2n) is 7.99. The molecule has 8 nitrogen and oxygen atoms in total. The van der Waals surface area contributed by atoms with Gasteiger partial charge in [-0.05, 0) is 57.1 Å². The first kappa shape index (κ1) is 20.9. The van der Waals surface area contributed by atoms with Gasteiger partial charge in [0.05, 0.1) is 11.4 Å². The van der Waals surface area contributed by atoms with Crippen molar-refractivity contribution in [2.45, 2.75) is 12.8 Å². The third-order valence-electron chi connectivity index (χ3n) is 5.38. The van der Waals surface area contributed by atoms with Crippen LogP contribution in [-0.4, -0.2) is 64.3 Å². The third-order valence-corrected chi connectivity index (χ3v) is 5.38. The molecule has 2 aromatic heterocycles. The Hall–Kier alpha value is -3.33. The largest absolute Gasteiger partial charge is 0.370 e. The van der Waals surface area contributed by atoms with Crippen molar-refractivity contribution in [3.05, 3.63) is 60.6 Å². The quantitative estimate of drug-likeness (QED) is 0.657. The van der Waals surface area contributed by atoms with Crippen LogP contribution in [0.15, 0.2) is 48.9 Å². The van der Waals surface area contributed by atoms with E-state index in [0.29, 0.717) is 11.6 Å². The molecule has 3 aromatic rings. The van der Waals surface area contributed by atoms with Crippen molar-refractivity contribution < 1.29 is 9.18 Å². The minimum absolute atomic E-state index is 0.00459. The molecule has 0 radical (unpaired) electrons. The lowest BCUT2D eigenvalue weighted by atomic mass is 9.96. The van der Waals surface area contributed by atoms with Crippen molar-refractivity contribution in [3.8, 4) is 5.82 Å². The number of hydrogen-bond donors (Lipinski definition) is 1. The molecule has 0 bridgehead atoms. The van der Waals surface area contributed by atoms with Crippen LogP contribution in [0, 0.1) is 11.7 Å². The molecule has 1 aliphatic rings. The first-order valence-corrected chi connectivity index (χ1v) is 10.3. The van der Waals surface area contributed by atoms with Crippen LogP contribution in [0.1, 0.15) is 23.5 Å². The number of nitrogens with one attached hydrogen (secondary N) is 1. The topological polar surface area (TPSA) is 79.2 Å². The molecular formula is C22H26FN7O. The van der Waals surface area contributed by atoms with Gasteiger partial charge in [-0.25, -0.2) is 14.4 Å². The van der Waals surface area contributed by atoms with Gasteiger partial charge in [0, 0.05) is 25.8 Å².